The van der Waals surface area contributed by atoms with E-state index in [4.69, 9.17) is 5.26 Å². The molecule has 0 saturated heterocycles. The van der Waals surface area contributed by atoms with Gasteiger partial charge in [-0.15, -0.1) is 0 Å². The van der Waals surface area contributed by atoms with Gasteiger partial charge in [-0.05, 0) is 29.8 Å². The van der Waals surface area contributed by atoms with Crippen molar-refractivity contribution in [3.63, 3.8) is 0 Å². The minimum absolute atomic E-state index is 0.250. The van der Waals surface area contributed by atoms with E-state index in [0.29, 0.717) is 5.56 Å². The van der Waals surface area contributed by atoms with E-state index in [1.54, 1.807) is 0 Å². The van der Waals surface area contributed by atoms with Gasteiger partial charge in [0.25, 0.3) is 0 Å². The lowest BCUT2D eigenvalue weighted by Crippen LogP contribution is -2.00. The third-order valence-corrected chi connectivity index (χ3v) is 4.00. The average molecular weight is 238 g/mol. The molecule has 1 atom stereocenters. The first-order valence-corrected chi connectivity index (χ1v) is 6.27. The average Bonchev–Trinajstić information content (AvgIpc) is 2.82. The van der Waals surface area contributed by atoms with Crippen molar-refractivity contribution in [2.45, 2.75) is 10.3 Å². The largest absolute Gasteiger partial charge is 0.368 e. The van der Waals surface area contributed by atoms with Crippen molar-refractivity contribution in [2.24, 2.45) is 0 Å². The highest BCUT2D eigenvalue weighted by Gasteiger charge is 2.21. The van der Waals surface area contributed by atoms with Gasteiger partial charge in [0.15, 0.2) is 0 Å². The van der Waals surface area contributed by atoms with Gasteiger partial charge in [-0.1, -0.05) is 36.0 Å². The maximum atomic E-state index is 8.76. The number of benzene rings is 2. The normalized spacial score (nSPS) is 17.0. The summed E-state index contributed by atoms with van der Waals surface area (Å²) in [6, 6.07) is 18.2. The fraction of sp³-hybridized carbons (Fsp3) is 0.0714. The second-order valence-electron chi connectivity index (χ2n) is 3.87. The molecule has 82 valence electrons. The first-order valence-electron chi connectivity index (χ1n) is 5.39. The molecule has 0 saturated carbocycles. The minimum Gasteiger partial charge on any atom is -0.368 e. The maximum absolute atomic E-state index is 8.76. The second-order valence-corrected chi connectivity index (χ2v) is 5.02. The minimum atomic E-state index is 0.250. The summed E-state index contributed by atoms with van der Waals surface area (Å²) in [4.78, 5) is 1.28. The van der Waals surface area contributed by atoms with Crippen molar-refractivity contribution in [1.82, 2.24) is 0 Å². The van der Waals surface area contributed by atoms with Gasteiger partial charge in [-0.25, -0.2) is 0 Å². The SMILES string of the molecule is N#Cc1ccc(C2Nc3ccccc3S2)cc1. The molecule has 17 heavy (non-hydrogen) atoms. The molecule has 1 aliphatic heterocycles. The smallest absolute Gasteiger partial charge is 0.103 e. The van der Waals surface area contributed by atoms with Gasteiger partial charge in [-0.3, -0.25) is 0 Å². The quantitative estimate of drug-likeness (QED) is 0.821. The monoisotopic (exact) mass is 238 g/mol. The lowest BCUT2D eigenvalue weighted by atomic mass is 10.1. The molecule has 1 unspecified atom stereocenters. The van der Waals surface area contributed by atoms with Crippen molar-refractivity contribution in [1.29, 1.82) is 5.26 Å². The predicted octanol–water partition coefficient (Wildman–Crippen LogP) is 3.77. The Hall–Kier alpha value is -1.92. The lowest BCUT2D eigenvalue weighted by molar-refractivity contribution is 1.13. The van der Waals surface area contributed by atoms with Crippen LogP contribution in [0.1, 0.15) is 16.5 Å². The van der Waals surface area contributed by atoms with E-state index in [1.807, 2.05) is 42.1 Å². The van der Waals surface area contributed by atoms with Gasteiger partial charge < -0.3 is 5.32 Å². The zero-order valence-corrected chi connectivity index (χ0v) is 9.87. The zero-order valence-electron chi connectivity index (χ0n) is 9.05. The number of rotatable bonds is 1. The predicted molar refractivity (Wildman–Crippen MR) is 69.8 cm³/mol. The molecular weight excluding hydrogens is 228 g/mol. The molecule has 1 heterocycles. The van der Waals surface area contributed by atoms with Crippen LogP contribution < -0.4 is 5.32 Å². The summed E-state index contributed by atoms with van der Waals surface area (Å²) in [5.74, 6) is 0. The van der Waals surface area contributed by atoms with Crippen LogP contribution in [0.3, 0.4) is 0 Å². The molecule has 0 bridgehead atoms. The number of fused-ring (bicyclic) bond motifs is 1. The summed E-state index contributed by atoms with van der Waals surface area (Å²) in [5.41, 5.74) is 3.09. The fourth-order valence-corrected chi connectivity index (χ4v) is 3.01. The Morgan fingerprint density at radius 1 is 1.06 bits per heavy atom. The Morgan fingerprint density at radius 3 is 2.53 bits per heavy atom. The van der Waals surface area contributed by atoms with Crippen LogP contribution in [0.4, 0.5) is 5.69 Å². The summed E-state index contributed by atoms with van der Waals surface area (Å²) < 4.78 is 0. The number of nitriles is 1. The van der Waals surface area contributed by atoms with E-state index >= 15 is 0 Å². The van der Waals surface area contributed by atoms with E-state index in [-0.39, 0.29) is 5.37 Å². The molecule has 3 heteroatoms. The van der Waals surface area contributed by atoms with Crippen molar-refractivity contribution in [3.05, 3.63) is 59.7 Å². The Morgan fingerprint density at radius 2 is 1.82 bits per heavy atom. The number of thioether (sulfide) groups is 1. The lowest BCUT2D eigenvalue weighted by Gasteiger charge is -2.10. The maximum Gasteiger partial charge on any atom is 0.103 e. The number of nitrogens with one attached hydrogen (secondary N) is 1. The van der Waals surface area contributed by atoms with Crippen molar-refractivity contribution in [2.75, 3.05) is 5.32 Å². The topological polar surface area (TPSA) is 35.8 Å². The van der Waals surface area contributed by atoms with Crippen LogP contribution in [0.5, 0.6) is 0 Å². The van der Waals surface area contributed by atoms with Crippen LogP contribution in [0.2, 0.25) is 0 Å². The molecule has 0 aliphatic carbocycles. The van der Waals surface area contributed by atoms with Gasteiger partial charge in [0.2, 0.25) is 0 Å². The van der Waals surface area contributed by atoms with Gasteiger partial charge in [0.1, 0.15) is 5.37 Å². The third kappa shape index (κ3) is 1.88. The van der Waals surface area contributed by atoms with E-state index in [9.17, 15) is 0 Å². The number of anilines is 1. The van der Waals surface area contributed by atoms with E-state index < -0.39 is 0 Å². The molecular formula is C14H10N2S. The highest BCUT2D eigenvalue weighted by atomic mass is 32.2. The highest BCUT2D eigenvalue weighted by molar-refractivity contribution is 8.00. The molecule has 0 amide bonds. The highest BCUT2D eigenvalue weighted by Crippen LogP contribution is 2.45. The zero-order chi connectivity index (χ0) is 11.7. The van der Waals surface area contributed by atoms with Crippen LogP contribution in [-0.4, -0.2) is 0 Å². The summed E-state index contributed by atoms with van der Waals surface area (Å²) in [6.45, 7) is 0. The number of para-hydroxylation sites is 1. The number of hydrogen-bond donors (Lipinski definition) is 1. The molecule has 3 rings (SSSR count). The van der Waals surface area contributed by atoms with Gasteiger partial charge >= 0.3 is 0 Å². The molecule has 0 spiro atoms. The molecule has 2 aromatic rings. The molecule has 2 nitrogen and oxygen atoms in total. The summed E-state index contributed by atoms with van der Waals surface area (Å²) in [7, 11) is 0. The van der Waals surface area contributed by atoms with Gasteiger partial charge in [-0.2, -0.15) is 5.26 Å². The van der Waals surface area contributed by atoms with Crippen LogP contribution in [0, 0.1) is 11.3 Å². The first-order chi connectivity index (χ1) is 8.36. The first kappa shape index (κ1) is 10.2. The Balaban J connectivity index is 1.87. The molecule has 0 radical (unpaired) electrons. The van der Waals surface area contributed by atoms with Crippen LogP contribution in [-0.2, 0) is 0 Å². The van der Waals surface area contributed by atoms with Crippen molar-refractivity contribution < 1.29 is 0 Å². The van der Waals surface area contributed by atoms with E-state index in [0.717, 1.165) is 0 Å². The number of hydrogen-bond acceptors (Lipinski definition) is 3. The second kappa shape index (κ2) is 4.15. The summed E-state index contributed by atoms with van der Waals surface area (Å²) in [6.07, 6.45) is 0. The molecule has 0 aromatic heterocycles. The van der Waals surface area contributed by atoms with E-state index in [1.165, 1.54) is 16.1 Å². The molecule has 0 fully saturated rings. The number of nitrogens with zero attached hydrogens (tertiary/aromatic N) is 1. The Kier molecular flexibility index (Phi) is 2.50. The van der Waals surface area contributed by atoms with Crippen molar-refractivity contribution in [3.8, 4) is 6.07 Å². The molecule has 2 aromatic carbocycles. The van der Waals surface area contributed by atoms with Crippen LogP contribution in [0.25, 0.3) is 0 Å². The van der Waals surface area contributed by atoms with Crippen LogP contribution >= 0.6 is 11.8 Å². The fourth-order valence-electron chi connectivity index (χ4n) is 1.87. The molecule has 1 aliphatic rings. The summed E-state index contributed by atoms with van der Waals surface area (Å²) in [5, 5.41) is 12.5. The third-order valence-electron chi connectivity index (χ3n) is 2.76. The van der Waals surface area contributed by atoms with Crippen molar-refractivity contribution >= 4 is 17.4 Å². The Labute approximate surface area is 104 Å². The van der Waals surface area contributed by atoms with Gasteiger partial charge in [0, 0.05) is 10.6 Å². The summed E-state index contributed by atoms with van der Waals surface area (Å²) >= 11 is 1.81. The van der Waals surface area contributed by atoms with Gasteiger partial charge in [0.05, 0.1) is 11.6 Å². The standard InChI is InChI=1S/C14H10N2S/c15-9-10-5-7-11(8-6-10)14-16-12-3-1-2-4-13(12)17-14/h1-8,14,16H. The van der Waals surface area contributed by atoms with Crippen LogP contribution in [0.15, 0.2) is 53.4 Å². The Bertz CT molecular complexity index is 559. The van der Waals surface area contributed by atoms with E-state index in [2.05, 4.69) is 29.6 Å². The molecule has 1 N–H and O–H groups in total.